The maximum absolute atomic E-state index is 13.9. The number of carbonyl (C=O) groups excluding carboxylic acids is 1. The zero-order valence-corrected chi connectivity index (χ0v) is 11.7. The van der Waals surface area contributed by atoms with Crippen molar-refractivity contribution in [3.05, 3.63) is 29.6 Å². The number of aliphatic hydroxyl groups excluding tert-OH is 1. The molecule has 4 nitrogen and oxygen atoms in total. The zero-order valence-electron chi connectivity index (χ0n) is 10.9. The normalized spacial score (nSPS) is 17.6. The quantitative estimate of drug-likeness (QED) is 0.865. The van der Waals surface area contributed by atoms with E-state index < -0.39 is 18.0 Å². The van der Waals surface area contributed by atoms with Crippen molar-refractivity contribution in [2.75, 3.05) is 30.1 Å². The summed E-state index contributed by atoms with van der Waals surface area (Å²) in [6.07, 6.45) is 0.779. The average Bonchev–Trinajstić information content (AvgIpc) is 2.82. The summed E-state index contributed by atoms with van der Waals surface area (Å²) in [5.41, 5.74) is 0.702. The van der Waals surface area contributed by atoms with Crippen LogP contribution in [-0.4, -0.2) is 42.5 Å². The molecule has 0 aromatic heterocycles. The van der Waals surface area contributed by atoms with Crippen LogP contribution in [0.25, 0.3) is 0 Å². The monoisotopic (exact) mass is 295 g/mol. The summed E-state index contributed by atoms with van der Waals surface area (Å²) in [4.78, 5) is 12.9. The van der Waals surface area contributed by atoms with E-state index in [-0.39, 0.29) is 13.2 Å². The third kappa shape index (κ3) is 3.24. The first-order valence-electron chi connectivity index (χ1n) is 6.02. The zero-order chi connectivity index (χ0) is 14.5. The summed E-state index contributed by atoms with van der Waals surface area (Å²) in [5, 5.41) is 8.97. The van der Waals surface area contributed by atoms with Crippen molar-refractivity contribution in [3.8, 4) is 11.8 Å². The second-order valence-corrected chi connectivity index (χ2v) is 5.06. The standard InChI is InChI=1S/C14H14FNO3S/c1-20-6-2-3-10-4-5-11(7-13(10)15)16-8-12(9-17)19-14(16)18/h4-5,7,12,17H,6,8-9H2,1H3/t12-/m1/s1. The highest BCUT2D eigenvalue weighted by atomic mass is 32.2. The minimum atomic E-state index is -0.579. The van der Waals surface area contributed by atoms with Crippen LogP contribution >= 0.6 is 11.8 Å². The first kappa shape index (κ1) is 14.7. The molecule has 0 bridgehead atoms. The van der Waals surface area contributed by atoms with Crippen molar-refractivity contribution in [1.29, 1.82) is 0 Å². The minimum Gasteiger partial charge on any atom is -0.441 e. The van der Waals surface area contributed by atoms with Crippen LogP contribution in [-0.2, 0) is 4.74 Å². The van der Waals surface area contributed by atoms with Gasteiger partial charge in [0.15, 0.2) is 0 Å². The van der Waals surface area contributed by atoms with Crippen LogP contribution < -0.4 is 4.90 Å². The van der Waals surface area contributed by atoms with E-state index in [1.807, 2.05) is 6.26 Å². The lowest BCUT2D eigenvalue weighted by atomic mass is 10.2. The van der Waals surface area contributed by atoms with E-state index in [9.17, 15) is 9.18 Å². The molecule has 1 fully saturated rings. The lowest BCUT2D eigenvalue weighted by Crippen LogP contribution is -2.25. The first-order valence-corrected chi connectivity index (χ1v) is 7.41. The number of cyclic esters (lactones) is 1. The molecule has 1 aliphatic heterocycles. The van der Waals surface area contributed by atoms with Gasteiger partial charge in [-0.2, -0.15) is 11.8 Å². The molecule has 1 N–H and O–H groups in total. The molecule has 20 heavy (non-hydrogen) atoms. The van der Waals surface area contributed by atoms with E-state index in [0.717, 1.165) is 0 Å². The molecule has 0 radical (unpaired) electrons. The molecule has 1 aromatic rings. The Bertz CT molecular complexity index is 567. The molecule has 0 aliphatic carbocycles. The fourth-order valence-corrected chi connectivity index (χ4v) is 2.02. The van der Waals surface area contributed by atoms with Gasteiger partial charge < -0.3 is 9.84 Å². The predicted octanol–water partition coefficient (Wildman–Crippen LogP) is 1.86. The topological polar surface area (TPSA) is 49.8 Å². The number of anilines is 1. The van der Waals surface area contributed by atoms with Crippen LogP contribution in [0.15, 0.2) is 18.2 Å². The molecule has 2 rings (SSSR count). The number of thioether (sulfide) groups is 1. The minimum absolute atomic E-state index is 0.215. The number of amides is 1. The molecule has 1 aliphatic rings. The summed E-state index contributed by atoms with van der Waals surface area (Å²) in [6, 6.07) is 4.41. The van der Waals surface area contributed by atoms with Crippen molar-refractivity contribution in [2.45, 2.75) is 6.10 Å². The molecule has 6 heteroatoms. The van der Waals surface area contributed by atoms with E-state index in [0.29, 0.717) is 17.0 Å². The van der Waals surface area contributed by atoms with E-state index in [1.165, 1.54) is 17.0 Å². The van der Waals surface area contributed by atoms with Crippen LogP contribution in [0.4, 0.5) is 14.9 Å². The fraction of sp³-hybridized carbons (Fsp3) is 0.357. The third-order valence-corrected chi connectivity index (χ3v) is 3.21. The van der Waals surface area contributed by atoms with Crippen molar-refractivity contribution in [2.24, 2.45) is 0 Å². The van der Waals surface area contributed by atoms with Crippen molar-refractivity contribution in [1.82, 2.24) is 0 Å². The van der Waals surface area contributed by atoms with Gasteiger partial charge in [-0.3, -0.25) is 4.90 Å². The van der Waals surface area contributed by atoms with Crippen LogP contribution in [0.2, 0.25) is 0 Å². The molecule has 0 unspecified atom stereocenters. The average molecular weight is 295 g/mol. The Hall–Kier alpha value is -1.71. The van der Waals surface area contributed by atoms with Gasteiger partial charge in [-0.25, -0.2) is 9.18 Å². The summed E-state index contributed by atoms with van der Waals surface area (Å²) < 4.78 is 18.8. The Labute approximate surface area is 120 Å². The molecule has 1 amide bonds. The summed E-state index contributed by atoms with van der Waals surface area (Å²) in [5.74, 6) is 5.74. The predicted molar refractivity (Wildman–Crippen MR) is 76.4 cm³/mol. The molecular formula is C14H14FNO3S. The third-order valence-electron chi connectivity index (χ3n) is 2.78. The maximum Gasteiger partial charge on any atom is 0.414 e. The Balaban J connectivity index is 2.18. The number of hydrogen-bond donors (Lipinski definition) is 1. The Morgan fingerprint density at radius 3 is 3.00 bits per heavy atom. The van der Waals surface area contributed by atoms with Gasteiger partial charge >= 0.3 is 6.09 Å². The van der Waals surface area contributed by atoms with Crippen LogP contribution in [0.5, 0.6) is 0 Å². The van der Waals surface area contributed by atoms with Gasteiger partial charge in [-0.15, -0.1) is 0 Å². The SMILES string of the molecule is CSCC#Cc1ccc(N2C[C@H](CO)OC2=O)cc1F. The highest BCUT2D eigenvalue weighted by Crippen LogP contribution is 2.23. The number of rotatable bonds is 3. The van der Waals surface area contributed by atoms with E-state index in [1.54, 1.807) is 17.8 Å². The van der Waals surface area contributed by atoms with E-state index in [4.69, 9.17) is 9.84 Å². The molecule has 0 spiro atoms. The Kier molecular flexibility index (Phi) is 4.88. The van der Waals surface area contributed by atoms with Gasteiger partial charge in [0.05, 0.1) is 30.2 Å². The van der Waals surface area contributed by atoms with Gasteiger partial charge in [0.1, 0.15) is 11.9 Å². The van der Waals surface area contributed by atoms with Crippen molar-refractivity contribution < 1.29 is 19.0 Å². The van der Waals surface area contributed by atoms with Gasteiger partial charge in [0.25, 0.3) is 0 Å². The lowest BCUT2D eigenvalue weighted by molar-refractivity contribution is 0.0963. The number of benzene rings is 1. The summed E-state index contributed by atoms with van der Waals surface area (Å²) in [6.45, 7) is -0.0325. The second-order valence-electron chi connectivity index (χ2n) is 4.20. The van der Waals surface area contributed by atoms with E-state index >= 15 is 0 Å². The fourth-order valence-electron chi connectivity index (χ4n) is 1.80. The number of ether oxygens (including phenoxy) is 1. The molecular weight excluding hydrogens is 281 g/mol. The Morgan fingerprint density at radius 1 is 1.60 bits per heavy atom. The Morgan fingerprint density at radius 2 is 2.40 bits per heavy atom. The van der Waals surface area contributed by atoms with Gasteiger partial charge in [0, 0.05) is 0 Å². The summed E-state index contributed by atoms with van der Waals surface area (Å²) in [7, 11) is 0. The van der Waals surface area contributed by atoms with Gasteiger partial charge in [-0.05, 0) is 24.5 Å². The van der Waals surface area contributed by atoms with Crippen molar-refractivity contribution in [3.63, 3.8) is 0 Å². The number of nitrogens with zero attached hydrogens (tertiary/aromatic N) is 1. The highest BCUT2D eigenvalue weighted by Gasteiger charge is 2.32. The van der Waals surface area contributed by atoms with Crippen molar-refractivity contribution >= 4 is 23.5 Å². The van der Waals surface area contributed by atoms with Gasteiger partial charge in [0.2, 0.25) is 0 Å². The van der Waals surface area contributed by atoms with Crippen LogP contribution in [0.3, 0.4) is 0 Å². The molecule has 0 saturated carbocycles. The molecule has 1 saturated heterocycles. The largest absolute Gasteiger partial charge is 0.441 e. The number of aliphatic hydroxyl groups is 1. The molecule has 106 valence electrons. The number of halogens is 1. The van der Waals surface area contributed by atoms with E-state index in [2.05, 4.69) is 11.8 Å². The van der Waals surface area contributed by atoms with Gasteiger partial charge in [-0.1, -0.05) is 11.8 Å². The van der Waals surface area contributed by atoms with Crippen LogP contribution in [0, 0.1) is 17.7 Å². The number of hydrogen-bond acceptors (Lipinski definition) is 4. The number of carbonyl (C=O) groups is 1. The smallest absolute Gasteiger partial charge is 0.414 e. The summed E-state index contributed by atoms with van der Waals surface area (Å²) >= 11 is 1.56. The molecule has 1 atom stereocenters. The van der Waals surface area contributed by atoms with Crippen LogP contribution in [0.1, 0.15) is 5.56 Å². The first-order chi connectivity index (χ1) is 9.65. The maximum atomic E-state index is 13.9. The highest BCUT2D eigenvalue weighted by molar-refractivity contribution is 7.98. The molecule has 1 heterocycles. The second kappa shape index (κ2) is 6.64. The molecule has 1 aromatic carbocycles. The lowest BCUT2D eigenvalue weighted by Gasteiger charge is -2.13.